The summed E-state index contributed by atoms with van der Waals surface area (Å²) in [7, 11) is 1.96. The molecular formula is C12H20BrClN2. The van der Waals surface area contributed by atoms with Crippen LogP contribution in [0.2, 0.25) is 5.02 Å². The van der Waals surface area contributed by atoms with Gasteiger partial charge in [0, 0.05) is 12.4 Å². The number of halogens is 2. The van der Waals surface area contributed by atoms with Crippen molar-refractivity contribution >= 4 is 27.5 Å². The molecule has 0 amide bonds. The van der Waals surface area contributed by atoms with Crippen molar-refractivity contribution in [3.05, 3.63) is 16.4 Å². The minimum atomic E-state index is 0.269. The van der Waals surface area contributed by atoms with E-state index in [0.29, 0.717) is 5.92 Å². The normalized spacial score (nSPS) is 14.2. The Morgan fingerprint density at radius 1 is 1.44 bits per heavy atom. The van der Waals surface area contributed by atoms with Crippen molar-refractivity contribution in [2.24, 2.45) is 18.4 Å². The number of hydrogen-bond donors (Lipinski definition) is 0. The quantitative estimate of drug-likeness (QED) is 0.772. The van der Waals surface area contributed by atoms with E-state index in [1.807, 2.05) is 18.7 Å². The van der Waals surface area contributed by atoms with Gasteiger partial charge in [-0.2, -0.15) is 5.10 Å². The van der Waals surface area contributed by atoms with Crippen molar-refractivity contribution < 1.29 is 0 Å². The molecule has 1 atom stereocenters. The predicted octanol–water partition coefficient (Wildman–Crippen LogP) is 3.98. The fourth-order valence-corrected chi connectivity index (χ4v) is 3.16. The Kier molecular flexibility index (Phi) is 4.47. The molecule has 0 saturated carbocycles. The van der Waals surface area contributed by atoms with Gasteiger partial charge in [-0.05, 0) is 24.7 Å². The van der Waals surface area contributed by atoms with Crippen molar-refractivity contribution in [1.29, 1.82) is 0 Å². The second kappa shape index (κ2) is 5.09. The highest BCUT2D eigenvalue weighted by molar-refractivity contribution is 9.09. The fraction of sp³-hybridized carbons (Fsp3) is 0.750. The Bertz CT molecular complexity index is 366. The molecule has 0 aromatic carbocycles. The molecule has 0 aliphatic carbocycles. The summed E-state index contributed by atoms with van der Waals surface area (Å²) in [6, 6.07) is 0. The van der Waals surface area contributed by atoms with Crippen molar-refractivity contribution in [3.63, 3.8) is 0 Å². The van der Waals surface area contributed by atoms with Crippen LogP contribution in [0, 0.1) is 18.3 Å². The maximum atomic E-state index is 6.27. The lowest BCUT2D eigenvalue weighted by Crippen LogP contribution is -2.25. The van der Waals surface area contributed by atoms with Crippen molar-refractivity contribution in [2.45, 2.75) is 34.1 Å². The molecule has 1 aromatic rings. The second-order valence-corrected chi connectivity index (χ2v) is 6.42. The molecule has 0 aliphatic heterocycles. The van der Waals surface area contributed by atoms with Gasteiger partial charge in [-0.15, -0.1) is 0 Å². The molecule has 0 aliphatic rings. The number of nitrogens with zero attached hydrogens (tertiary/aromatic N) is 2. The molecule has 0 fully saturated rings. The van der Waals surface area contributed by atoms with E-state index < -0.39 is 0 Å². The van der Waals surface area contributed by atoms with Gasteiger partial charge in [0.25, 0.3) is 0 Å². The third-order valence-electron chi connectivity index (χ3n) is 3.11. The summed E-state index contributed by atoms with van der Waals surface area (Å²) in [5.74, 6) is 0.555. The summed E-state index contributed by atoms with van der Waals surface area (Å²) in [4.78, 5) is 0. The van der Waals surface area contributed by atoms with Gasteiger partial charge in [0.15, 0.2) is 0 Å². The van der Waals surface area contributed by atoms with Gasteiger partial charge in [-0.3, -0.25) is 4.68 Å². The van der Waals surface area contributed by atoms with Crippen LogP contribution in [-0.4, -0.2) is 15.1 Å². The molecule has 0 bridgehead atoms. The van der Waals surface area contributed by atoms with Gasteiger partial charge in [0.2, 0.25) is 0 Å². The Morgan fingerprint density at radius 3 is 2.31 bits per heavy atom. The van der Waals surface area contributed by atoms with Crippen LogP contribution >= 0.6 is 27.5 Å². The van der Waals surface area contributed by atoms with Crippen molar-refractivity contribution in [3.8, 4) is 0 Å². The van der Waals surface area contributed by atoms with Crippen LogP contribution in [0.1, 0.15) is 32.2 Å². The van der Waals surface area contributed by atoms with Gasteiger partial charge >= 0.3 is 0 Å². The lowest BCUT2D eigenvalue weighted by atomic mass is 9.79. The van der Waals surface area contributed by atoms with E-state index in [9.17, 15) is 0 Å². The summed E-state index contributed by atoms with van der Waals surface area (Å²) in [6.07, 6.45) is 0.963. The molecule has 0 saturated heterocycles. The maximum absolute atomic E-state index is 6.27. The van der Waals surface area contributed by atoms with E-state index in [1.165, 1.54) is 0 Å². The molecule has 16 heavy (non-hydrogen) atoms. The van der Waals surface area contributed by atoms with E-state index in [-0.39, 0.29) is 5.41 Å². The topological polar surface area (TPSA) is 17.8 Å². The Morgan fingerprint density at radius 2 is 2.00 bits per heavy atom. The SMILES string of the molecule is Cc1nn(C)c(CC(CBr)C(C)(C)C)c1Cl. The lowest BCUT2D eigenvalue weighted by Gasteiger charge is -2.29. The maximum Gasteiger partial charge on any atom is 0.0847 e. The standard InChI is InChI=1S/C12H20BrClN2/c1-8-11(14)10(16(5)15-8)6-9(7-13)12(2,3)4/h9H,6-7H2,1-5H3. The molecule has 2 nitrogen and oxygen atoms in total. The average Bonchev–Trinajstić information content (AvgIpc) is 2.37. The number of hydrogen-bond acceptors (Lipinski definition) is 1. The predicted molar refractivity (Wildman–Crippen MR) is 73.4 cm³/mol. The largest absolute Gasteiger partial charge is 0.271 e. The molecule has 1 aromatic heterocycles. The van der Waals surface area contributed by atoms with Crippen LogP contribution in [0.25, 0.3) is 0 Å². The molecule has 0 radical (unpaired) electrons. The highest BCUT2D eigenvalue weighted by atomic mass is 79.9. The minimum Gasteiger partial charge on any atom is -0.271 e. The Balaban J connectivity index is 2.95. The molecule has 4 heteroatoms. The van der Waals surface area contributed by atoms with E-state index in [0.717, 1.165) is 28.2 Å². The average molecular weight is 308 g/mol. The monoisotopic (exact) mass is 306 g/mol. The molecule has 0 spiro atoms. The lowest BCUT2D eigenvalue weighted by molar-refractivity contribution is 0.263. The van der Waals surface area contributed by atoms with Gasteiger partial charge in [-0.25, -0.2) is 0 Å². The summed E-state index contributed by atoms with van der Waals surface area (Å²) in [5, 5.41) is 6.15. The van der Waals surface area contributed by atoms with E-state index in [1.54, 1.807) is 0 Å². The van der Waals surface area contributed by atoms with Gasteiger partial charge in [0.05, 0.1) is 16.4 Å². The first kappa shape index (κ1) is 14.0. The molecule has 1 rings (SSSR count). The number of rotatable bonds is 3. The van der Waals surface area contributed by atoms with Crippen LogP contribution in [-0.2, 0) is 13.5 Å². The fourth-order valence-electron chi connectivity index (χ4n) is 1.73. The zero-order valence-electron chi connectivity index (χ0n) is 10.6. The van der Waals surface area contributed by atoms with Crippen LogP contribution in [0.5, 0.6) is 0 Å². The highest BCUT2D eigenvalue weighted by Gasteiger charge is 2.26. The smallest absolute Gasteiger partial charge is 0.0847 e. The number of aromatic nitrogens is 2. The van der Waals surface area contributed by atoms with Crippen molar-refractivity contribution in [1.82, 2.24) is 9.78 Å². The summed E-state index contributed by atoms with van der Waals surface area (Å²) < 4.78 is 1.90. The van der Waals surface area contributed by atoms with Crippen LogP contribution in [0.15, 0.2) is 0 Å². The van der Waals surface area contributed by atoms with Crippen LogP contribution < -0.4 is 0 Å². The van der Waals surface area contributed by atoms with Gasteiger partial charge < -0.3 is 0 Å². The van der Waals surface area contributed by atoms with E-state index >= 15 is 0 Å². The first-order valence-electron chi connectivity index (χ1n) is 5.51. The summed E-state index contributed by atoms with van der Waals surface area (Å²) in [5.41, 5.74) is 2.32. The van der Waals surface area contributed by atoms with Crippen LogP contribution in [0.4, 0.5) is 0 Å². The Hall–Kier alpha value is -0.0200. The van der Waals surface area contributed by atoms with E-state index in [2.05, 4.69) is 41.8 Å². The minimum absolute atomic E-state index is 0.269. The third-order valence-corrected chi connectivity index (χ3v) is 4.39. The van der Waals surface area contributed by atoms with Crippen molar-refractivity contribution in [2.75, 3.05) is 5.33 Å². The molecular weight excluding hydrogens is 288 g/mol. The Labute approximate surface area is 111 Å². The van der Waals surface area contributed by atoms with Gasteiger partial charge in [0.1, 0.15) is 0 Å². The van der Waals surface area contributed by atoms with E-state index in [4.69, 9.17) is 11.6 Å². The first-order chi connectivity index (χ1) is 7.27. The number of aryl methyl sites for hydroxylation is 2. The summed E-state index contributed by atoms with van der Waals surface area (Å²) >= 11 is 9.86. The van der Waals surface area contributed by atoms with Gasteiger partial charge in [-0.1, -0.05) is 48.3 Å². The zero-order chi connectivity index (χ0) is 12.5. The third kappa shape index (κ3) is 3.01. The molecule has 92 valence electrons. The molecule has 0 N–H and O–H groups in total. The van der Waals surface area contributed by atoms with Crippen LogP contribution in [0.3, 0.4) is 0 Å². The highest BCUT2D eigenvalue weighted by Crippen LogP contribution is 2.32. The second-order valence-electron chi connectivity index (χ2n) is 5.39. The zero-order valence-corrected chi connectivity index (χ0v) is 13.0. The molecule has 1 unspecified atom stereocenters. The molecule has 1 heterocycles. The number of alkyl halides is 1. The first-order valence-corrected chi connectivity index (χ1v) is 7.01. The summed E-state index contributed by atoms with van der Waals surface area (Å²) in [6.45, 7) is 8.73.